The van der Waals surface area contributed by atoms with E-state index in [-0.39, 0.29) is 12.0 Å². The highest BCUT2D eigenvalue weighted by atomic mass is 16.5. The fraction of sp³-hybridized carbons (Fsp3) is 0.381. The van der Waals surface area contributed by atoms with E-state index in [0.717, 1.165) is 24.3 Å². The number of ether oxygens (including phenoxy) is 2. The van der Waals surface area contributed by atoms with Crippen LogP contribution in [0.25, 0.3) is 0 Å². The van der Waals surface area contributed by atoms with Gasteiger partial charge >= 0.3 is 0 Å². The van der Waals surface area contributed by atoms with Gasteiger partial charge in [0.05, 0.1) is 18.8 Å². The number of likely N-dealkylation sites (N-methyl/N-ethyl adjacent to an activating group) is 1. The van der Waals surface area contributed by atoms with E-state index in [0.29, 0.717) is 24.6 Å². The van der Waals surface area contributed by atoms with Gasteiger partial charge in [-0.1, -0.05) is 30.3 Å². The van der Waals surface area contributed by atoms with Crippen molar-refractivity contribution in [1.29, 1.82) is 0 Å². The van der Waals surface area contributed by atoms with Gasteiger partial charge in [0.25, 0.3) is 0 Å². The zero-order valence-electron chi connectivity index (χ0n) is 15.6. The van der Waals surface area contributed by atoms with Crippen molar-refractivity contribution in [3.63, 3.8) is 0 Å². The summed E-state index contributed by atoms with van der Waals surface area (Å²) >= 11 is 0. The SMILES string of the molecule is CCOc1cc2c(cc1NC(=O)CN(C)Cc1ccccc1)OC(C)C2. The molecule has 0 aliphatic carbocycles. The first-order valence-corrected chi connectivity index (χ1v) is 9.04. The average molecular weight is 354 g/mol. The fourth-order valence-electron chi connectivity index (χ4n) is 3.20. The van der Waals surface area contributed by atoms with Crippen LogP contribution in [0, 0.1) is 0 Å². The maximum absolute atomic E-state index is 12.5. The standard InChI is InChI=1S/C21H26N2O3/c1-4-25-20-11-17-10-15(2)26-19(17)12-18(20)22-21(24)14-23(3)13-16-8-6-5-7-9-16/h5-9,11-12,15H,4,10,13-14H2,1-3H3,(H,22,24). The molecule has 2 aromatic carbocycles. The molecule has 1 amide bonds. The summed E-state index contributed by atoms with van der Waals surface area (Å²) in [4.78, 5) is 14.5. The first-order chi connectivity index (χ1) is 12.5. The molecule has 1 heterocycles. The summed E-state index contributed by atoms with van der Waals surface area (Å²) in [6.07, 6.45) is 1.02. The van der Waals surface area contributed by atoms with Gasteiger partial charge in [-0.2, -0.15) is 0 Å². The summed E-state index contributed by atoms with van der Waals surface area (Å²) in [5.74, 6) is 1.45. The molecule has 1 unspecified atom stereocenters. The third-order valence-corrected chi connectivity index (χ3v) is 4.28. The zero-order chi connectivity index (χ0) is 18.5. The largest absolute Gasteiger partial charge is 0.492 e. The molecule has 5 nitrogen and oxygen atoms in total. The molecule has 0 fully saturated rings. The Hall–Kier alpha value is -2.53. The lowest BCUT2D eigenvalue weighted by Crippen LogP contribution is -2.30. The Morgan fingerprint density at radius 1 is 1.31 bits per heavy atom. The van der Waals surface area contributed by atoms with E-state index in [2.05, 4.69) is 17.4 Å². The van der Waals surface area contributed by atoms with Crippen LogP contribution in [0.2, 0.25) is 0 Å². The smallest absolute Gasteiger partial charge is 0.238 e. The zero-order valence-corrected chi connectivity index (χ0v) is 15.6. The van der Waals surface area contributed by atoms with E-state index in [1.54, 1.807) is 0 Å². The van der Waals surface area contributed by atoms with Crippen molar-refractivity contribution >= 4 is 11.6 Å². The van der Waals surface area contributed by atoms with E-state index in [9.17, 15) is 4.79 Å². The highest BCUT2D eigenvalue weighted by molar-refractivity contribution is 5.94. The number of anilines is 1. The number of benzene rings is 2. The van der Waals surface area contributed by atoms with E-state index >= 15 is 0 Å². The predicted octanol–water partition coefficient (Wildman–Crippen LogP) is 3.48. The number of nitrogens with one attached hydrogen (secondary N) is 1. The van der Waals surface area contributed by atoms with Crippen molar-refractivity contribution in [1.82, 2.24) is 4.90 Å². The predicted molar refractivity (Wildman–Crippen MR) is 103 cm³/mol. The number of amides is 1. The Balaban J connectivity index is 1.65. The molecule has 5 heteroatoms. The monoisotopic (exact) mass is 354 g/mol. The van der Waals surface area contributed by atoms with Crippen LogP contribution in [0.4, 0.5) is 5.69 Å². The number of rotatable bonds is 7. The number of carbonyl (C=O) groups is 1. The number of carbonyl (C=O) groups excluding carboxylic acids is 1. The lowest BCUT2D eigenvalue weighted by Gasteiger charge is -2.18. The molecular weight excluding hydrogens is 328 g/mol. The Labute approximate surface area is 154 Å². The Morgan fingerprint density at radius 2 is 2.08 bits per heavy atom. The molecule has 1 atom stereocenters. The Bertz CT molecular complexity index is 761. The first kappa shape index (κ1) is 18.3. The third-order valence-electron chi connectivity index (χ3n) is 4.28. The van der Waals surface area contributed by atoms with Crippen molar-refractivity contribution in [2.24, 2.45) is 0 Å². The highest BCUT2D eigenvalue weighted by Crippen LogP contribution is 2.38. The highest BCUT2D eigenvalue weighted by Gasteiger charge is 2.22. The lowest BCUT2D eigenvalue weighted by molar-refractivity contribution is -0.117. The van der Waals surface area contributed by atoms with E-state index in [4.69, 9.17) is 9.47 Å². The maximum Gasteiger partial charge on any atom is 0.238 e. The van der Waals surface area contributed by atoms with Gasteiger partial charge in [-0.3, -0.25) is 9.69 Å². The van der Waals surface area contributed by atoms with E-state index in [1.165, 1.54) is 5.56 Å². The second-order valence-corrected chi connectivity index (χ2v) is 6.73. The molecule has 0 spiro atoms. The van der Waals surface area contributed by atoms with E-state index in [1.807, 2.05) is 56.1 Å². The fourth-order valence-corrected chi connectivity index (χ4v) is 3.20. The molecule has 1 N–H and O–H groups in total. The minimum absolute atomic E-state index is 0.0737. The van der Waals surface area contributed by atoms with Crippen molar-refractivity contribution in [3.05, 3.63) is 53.6 Å². The molecule has 3 rings (SSSR count). The van der Waals surface area contributed by atoms with Crippen LogP contribution in [0.3, 0.4) is 0 Å². The first-order valence-electron chi connectivity index (χ1n) is 9.04. The molecule has 0 saturated carbocycles. The molecule has 0 bridgehead atoms. The molecule has 0 saturated heterocycles. The third kappa shape index (κ3) is 4.55. The van der Waals surface area contributed by atoms with Crippen molar-refractivity contribution < 1.29 is 14.3 Å². The van der Waals surface area contributed by atoms with Gasteiger partial charge in [0.2, 0.25) is 5.91 Å². The van der Waals surface area contributed by atoms with Crippen molar-refractivity contribution in [2.75, 3.05) is 25.5 Å². The summed E-state index contributed by atoms with van der Waals surface area (Å²) in [6.45, 7) is 5.54. The Kier molecular flexibility index (Phi) is 5.78. The van der Waals surface area contributed by atoms with Gasteiger partial charge in [-0.15, -0.1) is 0 Å². The molecule has 1 aliphatic heterocycles. The normalized spacial score (nSPS) is 15.5. The molecular formula is C21H26N2O3. The molecule has 26 heavy (non-hydrogen) atoms. The maximum atomic E-state index is 12.5. The van der Waals surface area contributed by atoms with E-state index < -0.39 is 0 Å². The van der Waals surface area contributed by atoms with Crippen molar-refractivity contribution in [2.45, 2.75) is 32.9 Å². The van der Waals surface area contributed by atoms with Gasteiger partial charge in [0.15, 0.2) is 0 Å². The van der Waals surface area contributed by atoms with Gasteiger partial charge in [-0.05, 0) is 32.5 Å². The van der Waals surface area contributed by atoms with Crippen LogP contribution in [-0.2, 0) is 17.8 Å². The minimum atomic E-state index is -0.0737. The van der Waals surface area contributed by atoms with Crippen LogP contribution >= 0.6 is 0 Å². The van der Waals surface area contributed by atoms with Crippen LogP contribution in [0.15, 0.2) is 42.5 Å². The summed E-state index contributed by atoms with van der Waals surface area (Å²) in [6, 6.07) is 14.0. The summed E-state index contributed by atoms with van der Waals surface area (Å²) in [7, 11) is 1.93. The molecule has 2 aromatic rings. The molecule has 0 radical (unpaired) electrons. The minimum Gasteiger partial charge on any atom is -0.492 e. The number of hydrogen-bond acceptors (Lipinski definition) is 4. The van der Waals surface area contributed by atoms with Gasteiger partial charge in [-0.25, -0.2) is 0 Å². The van der Waals surface area contributed by atoms with Gasteiger partial charge in [0, 0.05) is 24.6 Å². The Morgan fingerprint density at radius 3 is 2.81 bits per heavy atom. The quantitative estimate of drug-likeness (QED) is 0.827. The summed E-state index contributed by atoms with van der Waals surface area (Å²) in [5.41, 5.74) is 2.97. The second-order valence-electron chi connectivity index (χ2n) is 6.73. The van der Waals surface area contributed by atoms with Crippen LogP contribution in [-0.4, -0.2) is 37.1 Å². The van der Waals surface area contributed by atoms with Crippen LogP contribution in [0.5, 0.6) is 11.5 Å². The second kappa shape index (κ2) is 8.23. The molecule has 138 valence electrons. The summed E-state index contributed by atoms with van der Waals surface area (Å²) in [5, 5.41) is 2.97. The molecule has 0 aromatic heterocycles. The number of hydrogen-bond donors (Lipinski definition) is 1. The van der Waals surface area contributed by atoms with Crippen molar-refractivity contribution in [3.8, 4) is 11.5 Å². The van der Waals surface area contributed by atoms with Gasteiger partial charge in [0.1, 0.15) is 17.6 Å². The topological polar surface area (TPSA) is 50.8 Å². The average Bonchev–Trinajstić information content (AvgIpc) is 2.95. The lowest BCUT2D eigenvalue weighted by atomic mass is 10.1. The molecule has 1 aliphatic rings. The number of nitrogens with zero attached hydrogens (tertiary/aromatic N) is 1. The van der Waals surface area contributed by atoms with Crippen LogP contribution in [0.1, 0.15) is 25.0 Å². The number of fused-ring (bicyclic) bond motifs is 1. The summed E-state index contributed by atoms with van der Waals surface area (Å²) < 4.78 is 11.5. The van der Waals surface area contributed by atoms with Gasteiger partial charge < -0.3 is 14.8 Å². The van der Waals surface area contributed by atoms with Crippen LogP contribution < -0.4 is 14.8 Å².